The SMILES string of the molecule is COc1cc(OC)cc(-c2nnc(-c3cc(C(C)(C)C)cc(C(C)(C)C)c3)o2)c1. The molecule has 0 aliphatic rings. The van der Waals surface area contributed by atoms with E-state index in [0.717, 1.165) is 11.1 Å². The summed E-state index contributed by atoms with van der Waals surface area (Å²) in [5, 5.41) is 8.59. The summed E-state index contributed by atoms with van der Waals surface area (Å²) >= 11 is 0. The van der Waals surface area contributed by atoms with Crippen LogP contribution in [0.25, 0.3) is 22.9 Å². The summed E-state index contributed by atoms with van der Waals surface area (Å²) in [5.41, 5.74) is 4.18. The average molecular weight is 395 g/mol. The number of benzene rings is 2. The van der Waals surface area contributed by atoms with E-state index in [1.165, 1.54) is 11.1 Å². The first-order valence-electron chi connectivity index (χ1n) is 9.74. The minimum atomic E-state index is 0.0129. The van der Waals surface area contributed by atoms with Crippen molar-refractivity contribution in [2.45, 2.75) is 52.4 Å². The molecule has 0 spiro atoms. The van der Waals surface area contributed by atoms with Crippen LogP contribution in [0, 0.1) is 0 Å². The molecule has 2 aromatic carbocycles. The Morgan fingerprint density at radius 2 is 1.03 bits per heavy atom. The third kappa shape index (κ3) is 4.61. The van der Waals surface area contributed by atoms with Gasteiger partial charge in [-0.3, -0.25) is 0 Å². The Morgan fingerprint density at radius 1 is 0.621 bits per heavy atom. The predicted molar refractivity (Wildman–Crippen MR) is 116 cm³/mol. The second-order valence-electron chi connectivity index (χ2n) is 9.31. The van der Waals surface area contributed by atoms with Crippen LogP contribution < -0.4 is 9.47 Å². The average Bonchev–Trinajstić information content (AvgIpc) is 3.16. The number of methoxy groups -OCH3 is 2. The third-order valence-electron chi connectivity index (χ3n) is 4.94. The van der Waals surface area contributed by atoms with Crippen LogP contribution in [0.1, 0.15) is 52.7 Å². The summed E-state index contributed by atoms with van der Waals surface area (Å²) in [4.78, 5) is 0. The fourth-order valence-corrected chi connectivity index (χ4v) is 3.00. The van der Waals surface area contributed by atoms with Gasteiger partial charge >= 0.3 is 0 Å². The highest BCUT2D eigenvalue weighted by molar-refractivity contribution is 5.63. The summed E-state index contributed by atoms with van der Waals surface area (Å²) in [5.74, 6) is 2.27. The van der Waals surface area contributed by atoms with Crippen molar-refractivity contribution in [1.82, 2.24) is 10.2 Å². The Balaban J connectivity index is 2.09. The van der Waals surface area contributed by atoms with Crippen LogP contribution in [0.3, 0.4) is 0 Å². The quantitative estimate of drug-likeness (QED) is 0.542. The maximum absolute atomic E-state index is 6.06. The molecule has 0 fully saturated rings. The summed E-state index contributed by atoms with van der Waals surface area (Å²) in [6.07, 6.45) is 0. The largest absolute Gasteiger partial charge is 0.497 e. The van der Waals surface area contributed by atoms with Crippen molar-refractivity contribution >= 4 is 0 Å². The van der Waals surface area contributed by atoms with Gasteiger partial charge < -0.3 is 13.9 Å². The van der Waals surface area contributed by atoms with Crippen LogP contribution in [-0.4, -0.2) is 24.4 Å². The van der Waals surface area contributed by atoms with Gasteiger partial charge in [-0.05, 0) is 46.2 Å². The van der Waals surface area contributed by atoms with Gasteiger partial charge in [0.15, 0.2) is 0 Å². The number of nitrogens with zero attached hydrogens (tertiary/aromatic N) is 2. The van der Waals surface area contributed by atoms with Crippen molar-refractivity contribution in [2.24, 2.45) is 0 Å². The van der Waals surface area contributed by atoms with Gasteiger partial charge in [0.25, 0.3) is 0 Å². The lowest BCUT2D eigenvalue weighted by Crippen LogP contribution is -2.16. The minimum Gasteiger partial charge on any atom is -0.497 e. The smallest absolute Gasteiger partial charge is 0.248 e. The highest BCUT2D eigenvalue weighted by atomic mass is 16.5. The number of hydrogen-bond acceptors (Lipinski definition) is 5. The molecule has 0 N–H and O–H groups in total. The molecule has 3 rings (SSSR count). The number of rotatable bonds is 4. The van der Waals surface area contributed by atoms with Crippen LogP contribution in [0.5, 0.6) is 11.5 Å². The summed E-state index contributed by atoms with van der Waals surface area (Å²) in [6, 6.07) is 12.1. The first-order chi connectivity index (χ1) is 13.5. The van der Waals surface area contributed by atoms with Gasteiger partial charge in [-0.1, -0.05) is 47.6 Å². The molecule has 0 unspecified atom stereocenters. The highest BCUT2D eigenvalue weighted by Gasteiger charge is 2.22. The molecule has 0 aliphatic carbocycles. The zero-order valence-electron chi connectivity index (χ0n) is 18.6. The predicted octanol–water partition coefficient (Wildman–Crippen LogP) is 6.02. The third-order valence-corrected chi connectivity index (χ3v) is 4.94. The Kier molecular flexibility index (Phi) is 5.44. The molecular formula is C24H30N2O3. The van der Waals surface area contributed by atoms with E-state index in [1.807, 2.05) is 18.2 Å². The van der Waals surface area contributed by atoms with E-state index in [0.29, 0.717) is 23.3 Å². The lowest BCUT2D eigenvalue weighted by Gasteiger charge is -2.25. The zero-order chi connectivity index (χ0) is 21.4. The van der Waals surface area contributed by atoms with E-state index in [2.05, 4.69) is 69.9 Å². The number of hydrogen-bond donors (Lipinski definition) is 0. The highest BCUT2D eigenvalue weighted by Crippen LogP contribution is 2.35. The van der Waals surface area contributed by atoms with Crippen LogP contribution in [0.15, 0.2) is 40.8 Å². The fourth-order valence-electron chi connectivity index (χ4n) is 3.00. The molecule has 0 amide bonds. The van der Waals surface area contributed by atoms with Crippen molar-refractivity contribution < 1.29 is 13.9 Å². The second kappa shape index (κ2) is 7.54. The van der Waals surface area contributed by atoms with E-state index in [-0.39, 0.29) is 10.8 Å². The van der Waals surface area contributed by atoms with Gasteiger partial charge in [0.05, 0.1) is 14.2 Å². The molecule has 0 aliphatic heterocycles. The van der Waals surface area contributed by atoms with Gasteiger partial charge in [0, 0.05) is 17.2 Å². The molecule has 0 bridgehead atoms. The molecule has 29 heavy (non-hydrogen) atoms. The molecule has 1 heterocycles. The molecule has 154 valence electrons. The zero-order valence-corrected chi connectivity index (χ0v) is 18.6. The standard InChI is InChI=1S/C24H30N2O3/c1-23(2,3)17-9-15(10-18(13-17)24(4,5)6)21-25-26-22(29-21)16-11-19(27-7)14-20(12-16)28-8/h9-14H,1-8H3. The molecule has 0 atom stereocenters. The van der Waals surface area contributed by atoms with Gasteiger partial charge in [0.2, 0.25) is 11.8 Å². The summed E-state index contributed by atoms with van der Waals surface area (Å²) < 4.78 is 16.8. The first kappa shape index (κ1) is 20.9. The Morgan fingerprint density at radius 3 is 1.41 bits per heavy atom. The molecule has 5 heteroatoms. The van der Waals surface area contributed by atoms with E-state index < -0.39 is 0 Å². The fraction of sp³-hybridized carbons (Fsp3) is 0.417. The Labute approximate surface area is 173 Å². The van der Waals surface area contributed by atoms with Crippen molar-refractivity contribution in [2.75, 3.05) is 14.2 Å². The van der Waals surface area contributed by atoms with Crippen molar-refractivity contribution in [3.63, 3.8) is 0 Å². The lowest BCUT2D eigenvalue weighted by molar-refractivity contribution is 0.394. The van der Waals surface area contributed by atoms with Crippen LogP contribution >= 0.6 is 0 Å². The number of aromatic nitrogens is 2. The topological polar surface area (TPSA) is 57.4 Å². The molecule has 0 saturated heterocycles. The summed E-state index contributed by atoms with van der Waals surface area (Å²) in [7, 11) is 3.23. The van der Waals surface area contributed by atoms with Crippen molar-refractivity contribution in [1.29, 1.82) is 0 Å². The maximum Gasteiger partial charge on any atom is 0.248 e. The van der Waals surface area contributed by atoms with Crippen molar-refractivity contribution in [3.8, 4) is 34.4 Å². The normalized spacial score (nSPS) is 12.1. The molecule has 1 aromatic heterocycles. The van der Waals surface area contributed by atoms with E-state index in [9.17, 15) is 0 Å². The van der Waals surface area contributed by atoms with E-state index >= 15 is 0 Å². The van der Waals surface area contributed by atoms with E-state index in [4.69, 9.17) is 13.9 Å². The van der Waals surface area contributed by atoms with Crippen LogP contribution in [0.2, 0.25) is 0 Å². The molecule has 0 saturated carbocycles. The van der Waals surface area contributed by atoms with Gasteiger partial charge in [-0.25, -0.2) is 0 Å². The van der Waals surface area contributed by atoms with E-state index in [1.54, 1.807) is 14.2 Å². The van der Waals surface area contributed by atoms with Gasteiger partial charge in [-0.15, -0.1) is 10.2 Å². The monoisotopic (exact) mass is 394 g/mol. The lowest BCUT2D eigenvalue weighted by atomic mass is 9.79. The second-order valence-corrected chi connectivity index (χ2v) is 9.31. The van der Waals surface area contributed by atoms with Crippen LogP contribution in [-0.2, 0) is 10.8 Å². The summed E-state index contributed by atoms with van der Waals surface area (Å²) in [6.45, 7) is 13.3. The van der Waals surface area contributed by atoms with Gasteiger partial charge in [-0.2, -0.15) is 0 Å². The maximum atomic E-state index is 6.06. The first-order valence-corrected chi connectivity index (χ1v) is 9.74. The molecule has 5 nitrogen and oxygen atoms in total. The molecular weight excluding hydrogens is 364 g/mol. The Bertz CT molecular complexity index is 953. The Hall–Kier alpha value is -2.82. The molecule has 3 aromatic rings. The van der Waals surface area contributed by atoms with Crippen LogP contribution in [0.4, 0.5) is 0 Å². The minimum absolute atomic E-state index is 0.0129. The van der Waals surface area contributed by atoms with Gasteiger partial charge in [0.1, 0.15) is 11.5 Å². The number of ether oxygens (including phenoxy) is 2. The van der Waals surface area contributed by atoms with Crippen molar-refractivity contribution in [3.05, 3.63) is 47.5 Å². The molecule has 0 radical (unpaired) electrons.